The maximum Gasteiger partial charge on any atom is 0.311 e. The van der Waals surface area contributed by atoms with Crippen LogP contribution in [-0.2, 0) is 9.59 Å². The molecule has 0 radical (unpaired) electrons. The standard InChI is InChI=1S/C10H18N2O2/c1-7-4-8(2)6-12(5-7)10(14)9(13)11-3/h7-8H,4-6H2,1-3H3,(H,11,13). The summed E-state index contributed by atoms with van der Waals surface area (Å²) in [4.78, 5) is 24.3. The maximum absolute atomic E-state index is 11.5. The Morgan fingerprint density at radius 3 is 2.14 bits per heavy atom. The van der Waals surface area contributed by atoms with Crippen LogP contribution >= 0.6 is 0 Å². The van der Waals surface area contributed by atoms with Gasteiger partial charge in [0.15, 0.2) is 0 Å². The Bertz CT molecular complexity index is 230. The molecular formula is C10H18N2O2. The molecule has 0 aromatic rings. The first-order valence-corrected chi connectivity index (χ1v) is 5.05. The lowest BCUT2D eigenvalue weighted by Crippen LogP contribution is -2.48. The van der Waals surface area contributed by atoms with E-state index in [-0.39, 0.29) is 0 Å². The molecule has 2 atom stereocenters. The molecule has 4 nitrogen and oxygen atoms in total. The van der Waals surface area contributed by atoms with Crippen molar-refractivity contribution in [3.63, 3.8) is 0 Å². The molecule has 0 aromatic heterocycles. The summed E-state index contributed by atoms with van der Waals surface area (Å²) in [5.74, 6) is 0.0805. The number of piperidine rings is 1. The normalized spacial score (nSPS) is 27.2. The van der Waals surface area contributed by atoms with Crippen molar-refractivity contribution >= 4 is 11.8 Å². The fourth-order valence-electron chi connectivity index (χ4n) is 2.08. The van der Waals surface area contributed by atoms with Gasteiger partial charge in [-0.15, -0.1) is 0 Å². The average Bonchev–Trinajstić information content (AvgIpc) is 2.14. The van der Waals surface area contributed by atoms with Crippen molar-refractivity contribution in [1.29, 1.82) is 0 Å². The van der Waals surface area contributed by atoms with Crippen molar-refractivity contribution in [2.75, 3.05) is 20.1 Å². The van der Waals surface area contributed by atoms with E-state index in [0.29, 0.717) is 24.9 Å². The van der Waals surface area contributed by atoms with E-state index >= 15 is 0 Å². The third-order valence-electron chi connectivity index (χ3n) is 2.58. The van der Waals surface area contributed by atoms with E-state index in [4.69, 9.17) is 0 Å². The number of rotatable bonds is 0. The molecule has 1 fully saturated rings. The van der Waals surface area contributed by atoms with Crippen LogP contribution in [0.2, 0.25) is 0 Å². The van der Waals surface area contributed by atoms with Crippen LogP contribution in [-0.4, -0.2) is 36.9 Å². The minimum atomic E-state index is -0.508. The molecule has 1 aliphatic rings. The fourth-order valence-corrected chi connectivity index (χ4v) is 2.08. The van der Waals surface area contributed by atoms with Gasteiger partial charge in [-0.2, -0.15) is 0 Å². The van der Waals surface area contributed by atoms with Gasteiger partial charge in [0.05, 0.1) is 0 Å². The van der Waals surface area contributed by atoms with Gasteiger partial charge < -0.3 is 10.2 Å². The van der Waals surface area contributed by atoms with Crippen LogP contribution in [0.15, 0.2) is 0 Å². The fraction of sp³-hybridized carbons (Fsp3) is 0.800. The van der Waals surface area contributed by atoms with Crippen molar-refractivity contribution in [2.24, 2.45) is 11.8 Å². The second kappa shape index (κ2) is 4.44. The van der Waals surface area contributed by atoms with Crippen molar-refractivity contribution < 1.29 is 9.59 Å². The quantitative estimate of drug-likeness (QED) is 0.567. The van der Waals surface area contributed by atoms with Gasteiger partial charge in [-0.25, -0.2) is 0 Å². The number of hydrogen-bond donors (Lipinski definition) is 1. The third kappa shape index (κ3) is 2.47. The Labute approximate surface area is 84.7 Å². The largest absolute Gasteiger partial charge is 0.351 e. The highest BCUT2D eigenvalue weighted by atomic mass is 16.2. The van der Waals surface area contributed by atoms with Gasteiger partial charge in [-0.3, -0.25) is 9.59 Å². The molecule has 0 aromatic carbocycles. The van der Waals surface area contributed by atoms with Gasteiger partial charge in [-0.05, 0) is 18.3 Å². The van der Waals surface area contributed by atoms with E-state index in [0.717, 1.165) is 6.42 Å². The van der Waals surface area contributed by atoms with E-state index in [1.807, 2.05) is 0 Å². The van der Waals surface area contributed by atoms with Crippen molar-refractivity contribution in [3.8, 4) is 0 Å². The first-order valence-electron chi connectivity index (χ1n) is 5.05. The summed E-state index contributed by atoms with van der Waals surface area (Å²) in [6.45, 7) is 5.63. The number of hydrogen-bond acceptors (Lipinski definition) is 2. The Hall–Kier alpha value is -1.06. The lowest BCUT2D eigenvalue weighted by atomic mass is 9.92. The summed E-state index contributed by atoms with van der Waals surface area (Å²) in [5, 5.41) is 2.36. The van der Waals surface area contributed by atoms with Crippen molar-refractivity contribution in [3.05, 3.63) is 0 Å². The Balaban J connectivity index is 2.59. The molecule has 0 bridgehead atoms. The molecule has 1 rings (SSSR count). The molecule has 0 spiro atoms. The zero-order chi connectivity index (χ0) is 10.7. The van der Waals surface area contributed by atoms with Crippen LogP contribution < -0.4 is 5.32 Å². The molecule has 0 aliphatic carbocycles. The molecule has 1 N–H and O–H groups in total. The SMILES string of the molecule is CNC(=O)C(=O)N1CC(C)CC(C)C1. The second-order valence-electron chi connectivity index (χ2n) is 4.24. The van der Waals surface area contributed by atoms with Gasteiger partial charge in [0.1, 0.15) is 0 Å². The van der Waals surface area contributed by atoms with Gasteiger partial charge >= 0.3 is 11.8 Å². The maximum atomic E-state index is 11.5. The zero-order valence-electron chi connectivity index (χ0n) is 9.04. The summed E-state index contributed by atoms with van der Waals surface area (Å²) < 4.78 is 0. The molecule has 4 heteroatoms. The number of likely N-dealkylation sites (N-methyl/N-ethyl adjacent to an activating group) is 1. The van der Waals surface area contributed by atoms with Crippen LogP contribution in [0.25, 0.3) is 0 Å². The van der Waals surface area contributed by atoms with Crippen molar-refractivity contribution in [2.45, 2.75) is 20.3 Å². The number of likely N-dealkylation sites (tertiary alicyclic amines) is 1. The van der Waals surface area contributed by atoms with Crippen LogP contribution in [0, 0.1) is 11.8 Å². The molecular weight excluding hydrogens is 180 g/mol. The molecule has 14 heavy (non-hydrogen) atoms. The number of amides is 2. The van der Waals surface area contributed by atoms with Crippen LogP contribution in [0.1, 0.15) is 20.3 Å². The smallest absolute Gasteiger partial charge is 0.311 e. The third-order valence-corrected chi connectivity index (χ3v) is 2.58. The summed E-state index contributed by atoms with van der Waals surface area (Å²) in [6.07, 6.45) is 1.14. The number of carbonyl (C=O) groups excluding carboxylic acids is 2. The predicted molar refractivity (Wildman–Crippen MR) is 53.6 cm³/mol. The minimum Gasteiger partial charge on any atom is -0.351 e. The highest BCUT2D eigenvalue weighted by molar-refractivity contribution is 6.34. The molecule has 1 heterocycles. The molecule has 1 aliphatic heterocycles. The van der Waals surface area contributed by atoms with Gasteiger partial charge in [0, 0.05) is 20.1 Å². The Morgan fingerprint density at radius 1 is 1.21 bits per heavy atom. The second-order valence-corrected chi connectivity index (χ2v) is 4.24. The summed E-state index contributed by atoms with van der Waals surface area (Å²) >= 11 is 0. The molecule has 0 saturated carbocycles. The van der Waals surface area contributed by atoms with Crippen LogP contribution in [0.5, 0.6) is 0 Å². The Morgan fingerprint density at radius 2 is 1.71 bits per heavy atom. The number of nitrogens with zero attached hydrogens (tertiary/aromatic N) is 1. The lowest BCUT2D eigenvalue weighted by Gasteiger charge is -2.34. The van der Waals surface area contributed by atoms with E-state index in [9.17, 15) is 9.59 Å². The average molecular weight is 198 g/mol. The summed E-state index contributed by atoms with van der Waals surface area (Å²) in [5.41, 5.74) is 0. The van der Waals surface area contributed by atoms with Gasteiger partial charge in [-0.1, -0.05) is 13.8 Å². The van der Waals surface area contributed by atoms with Gasteiger partial charge in [0.25, 0.3) is 0 Å². The molecule has 2 amide bonds. The summed E-state index contributed by atoms with van der Waals surface area (Å²) in [6, 6.07) is 0. The predicted octanol–water partition coefficient (Wildman–Crippen LogP) is 0.237. The first-order chi connectivity index (χ1) is 6.54. The molecule has 80 valence electrons. The molecule has 2 unspecified atom stereocenters. The monoisotopic (exact) mass is 198 g/mol. The molecule has 1 saturated heterocycles. The van der Waals surface area contributed by atoms with Crippen molar-refractivity contribution in [1.82, 2.24) is 10.2 Å². The van der Waals surface area contributed by atoms with Crippen LogP contribution in [0.4, 0.5) is 0 Å². The first kappa shape index (κ1) is 11.0. The van der Waals surface area contributed by atoms with Gasteiger partial charge in [0.2, 0.25) is 0 Å². The zero-order valence-corrected chi connectivity index (χ0v) is 9.04. The van der Waals surface area contributed by atoms with Crippen LogP contribution in [0.3, 0.4) is 0 Å². The summed E-state index contributed by atoms with van der Waals surface area (Å²) in [7, 11) is 1.48. The highest BCUT2D eigenvalue weighted by Gasteiger charge is 2.28. The topological polar surface area (TPSA) is 49.4 Å². The van der Waals surface area contributed by atoms with E-state index < -0.39 is 11.8 Å². The van der Waals surface area contributed by atoms with E-state index in [1.165, 1.54) is 7.05 Å². The number of carbonyl (C=O) groups is 2. The van der Waals surface area contributed by atoms with E-state index in [2.05, 4.69) is 19.2 Å². The Kier molecular flexibility index (Phi) is 3.49. The minimum absolute atomic E-state index is 0.397. The van der Waals surface area contributed by atoms with E-state index in [1.54, 1.807) is 4.90 Å². The lowest BCUT2D eigenvalue weighted by molar-refractivity contribution is -0.147. The highest BCUT2D eigenvalue weighted by Crippen LogP contribution is 2.20. The number of nitrogens with one attached hydrogen (secondary N) is 1.